The number of methoxy groups -OCH3 is 1. The molecule has 0 bridgehead atoms. The number of benzene rings is 1. The van der Waals surface area contributed by atoms with Gasteiger partial charge in [0, 0.05) is 37.7 Å². The van der Waals surface area contributed by atoms with Crippen molar-refractivity contribution in [1.29, 1.82) is 0 Å². The van der Waals surface area contributed by atoms with E-state index in [-0.39, 0.29) is 5.92 Å². The molecule has 0 spiro atoms. The molecule has 32 heavy (non-hydrogen) atoms. The number of likely N-dealkylation sites (tertiary alicyclic amines) is 1. The van der Waals surface area contributed by atoms with Crippen molar-refractivity contribution in [2.45, 2.75) is 38.5 Å². The molecular weight excluding hydrogens is 406 g/mol. The van der Waals surface area contributed by atoms with Crippen LogP contribution in [-0.2, 0) is 4.79 Å². The van der Waals surface area contributed by atoms with E-state index in [1.54, 1.807) is 7.11 Å². The Bertz CT molecular complexity index is 1060. The number of piperidine rings is 1. The molecule has 168 valence electrons. The maximum atomic E-state index is 13.1. The second kappa shape index (κ2) is 9.14. The van der Waals surface area contributed by atoms with Crippen LogP contribution in [0.4, 0.5) is 5.82 Å². The lowest BCUT2D eigenvalue weighted by Gasteiger charge is -2.34. The van der Waals surface area contributed by atoms with Crippen LogP contribution in [0.1, 0.15) is 38.5 Å². The summed E-state index contributed by atoms with van der Waals surface area (Å²) in [5, 5.41) is 5.10. The summed E-state index contributed by atoms with van der Waals surface area (Å²) in [4.78, 5) is 26.3. The van der Waals surface area contributed by atoms with E-state index in [1.165, 1.54) is 19.2 Å². The Hall–Kier alpha value is -3.16. The zero-order valence-electron chi connectivity index (χ0n) is 18.5. The Morgan fingerprint density at radius 3 is 2.41 bits per heavy atom. The molecule has 2 aliphatic rings. The molecule has 0 atom stereocenters. The van der Waals surface area contributed by atoms with Crippen LogP contribution in [0.3, 0.4) is 0 Å². The van der Waals surface area contributed by atoms with Crippen molar-refractivity contribution in [2.24, 2.45) is 5.92 Å². The monoisotopic (exact) mass is 435 g/mol. The molecule has 2 aromatic heterocycles. The highest BCUT2D eigenvalue weighted by atomic mass is 16.5. The summed E-state index contributed by atoms with van der Waals surface area (Å²) in [7, 11) is 1.65. The third-order valence-electron chi connectivity index (χ3n) is 6.68. The van der Waals surface area contributed by atoms with E-state index in [4.69, 9.17) is 9.26 Å². The van der Waals surface area contributed by atoms with Gasteiger partial charge in [-0.3, -0.25) is 4.79 Å². The molecule has 8 nitrogen and oxygen atoms in total. The zero-order chi connectivity index (χ0) is 21.9. The number of hydrogen-bond donors (Lipinski definition) is 0. The molecule has 5 rings (SSSR count). The average molecular weight is 436 g/mol. The molecule has 0 saturated carbocycles. The highest BCUT2D eigenvalue weighted by Gasteiger charge is 2.31. The molecule has 8 heteroatoms. The first-order valence-electron chi connectivity index (χ1n) is 11.5. The van der Waals surface area contributed by atoms with Crippen molar-refractivity contribution in [2.75, 3.05) is 38.2 Å². The number of amides is 1. The van der Waals surface area contributed by atoms with Crippen molar-refractivity contribution in [3.05, 3.63) is 30.6 Å². The summed E-state index contributed by atoms with van der Waals surface area (Å²) in [5.41, 5.74) is 2.12. The van der Waals surface area contributed by atoms with Crippen LogP contribution >= 0.6 is 0 Å². The molecule has 0 radical (unpaired) electrons. The molecule has 2 saturated heterocycles. The Morgan fingerprint density at radius 1 is 1.00 bits per heavy atom. The number of aromatic nitrogens is 3. The number of carbonyl (C=O) groups is 1. The van der Waals surface area contributed by atoms with Crippen molar-refractivity contribution < 1.29 is 14.1 Å². The molecule has 0 N–H and O–H groups in total. The summed E-state index contributed by atoms with van der Waals surface area (Å²) in [6, 6.07) is 7.72. The van der Waals surface area contributed by atoms with E-state index >= 15 is 0 Å². The number of fused-ring (bicyclic) bond motifs is 1. The molecule has 1 aromatic carbocycles. The first-order valence-corrected chi connectivity index (χ1v) is 11.5. The molecule has 2 fully saturated rings. The zero-order valence-corrected chi connectivity index (χ0v) is 18.5. The summed E-state index contributed by atoms with van der Waals surface area (Å²) in [5.74, 6) is 2.05. The Balaban J connectivity index is 1.35. The van der Waals surface area contributed by atoms with Crippen LogP contribution in [0.15, 0.2) is 35.1 Å². The third kappa shape index (κ3) is 4.01. The van der Waals surface area contributed by atoms with Gasteiger partial charge in [-0.2, -0.15) is 4.98 Å². The Kier molecular flexibility index (Phi) is 5.92. The lowest BCUT2D eigenvalue weighted by Crippen LogP contribution is -2.43. The van der Waals surface area contributed by atoms with Crippen LogP contribution in [0.5, 0.6) is 5.75 Å². The minimum absolute atomic E-state index is 0.102. The number of nitrogens with zero attached hydrogens (tertiary/aromatic N) is 5. The lowest BCUT2D eigenvalue weighted by atomic mass is 9.95. The van der Waals surface area contributed by atoms with Crippen molar-refractivity contribution in [3.63, 3.8) is 0 Å². The minimum Gasteiger partial charge on any atom is -0.497 e. The van der Waals surface area contributed by atoms with Gasteiger partial charge >= 0.3 is 0 Å². The fourth-order valence-corrected chi connectivity index (χ4v) is 4.84. The van der Waals surface area contributed by atoms with Gasteiger partial charge in [0.05, 0.1) is 7.11 Å². The summed E-state index contributed by atoms with van der Waals surface area (Å²) in [6.07, 6.45) is 7.93. The van der Waals surface area contributed by atoms with E-state index in [0.717, 1.165) is 80.1 Å². The lowest BCUT2D eigenvalue weighted by molar-refractivity contribution is -0.136. The number of hydrogen-bond acceptors (Lipinski definition) is 7. The fraction of sp³-hybridized carbons (Fsp3) is 0.500. The Labute approximate surface area is 187 Å². The van der Waals surface area contributed by atoms with Crippen molar-refractivity contribution in [3.8, 4) is 17.0 Å². The van der Waals surface area contributed by atoms with Gasteiger partial charge < -0.3 is 19.1 Å². The highest BCUT2D eigenvalue weighted by molar-refractivity contribution is 5.98. The highest BCUT2D eigenvalue weighted by Crippen LogP contribution is 2.35. The summed E-state index contributed by atoms with van der Waals surface area (Å²) >= 11 is 0. The summed E-state index contributed by atoms with van der Waals surface area (Å²) < 4.78 is 10.8. The van der Waals surface area contributed by atoms with Crippen LogP contribution in [-0.4, -0.2) is 59.2 Å². The average Bonchev–Trinajstić information content (AvgIpc) is 3.10. The number of ether oxygens (including phenoxy) is 1. The topological polar surface area (TPSA) is 84.6 Å². The van der Waals surface area contributed by atoms with E-state index in [2.05, 4.69) is 24.9 Å². The van der Waals surface area contributed by atoms with E-state index in [9.17, 15) is 4.79 Å². The molecule has 2 aliphatic heterocycles. The standard InChI is InChI=1S/C24H29N5O3/c1-31-19-8-6-17(7-9-19)21-20-22(25-16-26-23(20)32-27-21)28-14-10-18(11-15-28)24(30)29-12-4-2-3-5-13-29/h6-9,16,18H,2-5,10-15H2,1H3. The summed E-state index contributed by atoms with van der Waals surface area (Å²) in [6.45, 7) is 3.39. The molecule has 1 amide bonds. The molecule has 0 aliphatic carbocycles. The second-order valence-corrected chi connectivity index (χ2v) is 8.64. The van der Waals surface area contributed by atoms with Crippen molar-refractivity contribution >= 4 is 22.8 Å². The predicted molar refractivity (Wildman–Crippen MR) is 122 cm³/mol. The maximum Gasteiger partial charge on any atom is 0.263 e. The first-order chi connectivity index (χ1) is 15.7. The SMILES string of the molecule is COc1ccc(-c2noc3ncnc(N4CCC(C(=O)N5CCCCCC5)CC4)c23)cc1. The molecule has 0 unspecified atom stereocenters. The molecular formula is C24H29N5O3. The van der Waals surface area contributed by atoms with Crippen LogP contribution < -0.4 is 9.64 Å². The van der Waals surface area contributed by atoms with Crippen molar-refractivity contribution in [1.82, 2.24) is 20.0 Å². The van der Waals surface area contributed by atoms with Gasteiger partial charge in [0.15, 0.2) is 0 Å². The maximum absolute atomic E-state index is 13.1. The van der Waals surface area contributed by atoms with Gasteiger partial charge in [0.1, 0.15) is 29.0 Å². The van der Waals surface area contributed by atoms with Crippen LogP contribution in [0.25, 0.3) is 22.4 Å². The van der Waals surface area contributed by atoms with Gasteiger partial charge in [0.25, 0.3) is 5.71 Å². The normalized spacial score (nSPS) is 18.0. The molecule has 3 aromatic rings. The van der Waals surface area contributed by atoms with Crippen LogP contribution in [0.2, 0.25) is 0 Å². The predicted octanol–water partition coefficient (Wildman–Crippen LogP) is 3.91. The Morgan fingerprint density at radius 2 is 1.72 bits per heavy atom. The third-order valence-corrected chi connectivity index (χ3v) is 6.68. The molecule has 4 heterocycles. The number of anilines is 1. The quantitative estimate of drug-likeness (QED) is 0.614. The van der Waals surface area contributed by atoms with E-state index in [0.29, 0.717) is 11.6 Å². The largest absolute Gasteiger partial charge is 0.497 e. The first kappa shape index (κ1) is 20.7. The van der Waals surface area contributed by atoms with Gasteiger partial charge in [-0.05, 0) is 49.9 Å². The van der Waals surface area contributed by atoms with Gasteiger partial charge in [0.2, 0.25) is 5.91 Å². The van der Waals surface area contributed by atoms with Gasteiger partial charge in [-0.1, -0.05) is 18.0 Å². The number of carbonyl (C=O) groups excluding carboxylic acids is 1. The number of rotatable bonds is 4. The van der Waals surface area contributed by atoms with Gasteiger partial charge in [-0.15, -0.1) is 0 Å². The smallest absolute Gasteiger partial charge is 0.263 e. The fourth-order valence-electron chi connectivity index (χ4n) is 4.84. The second-order valence-electron chi connectivity index (χ2n) is 8.64. The van der Waals surface area contributed by atoms with Crippen LogP contribution in [0, 0.1) is 5.92 Å². The van der Waals surface area contributed by atoms with E-state index < -0.39 is 0 Å². The van der Waals surface area contributed by atoms with Gasteiger partial charge in [-0.25, -0.2) is 4.98 Å². The van der Waals surface area contributed by atoms with E-state index in [1.807, 2.05) is 24.3 Å². The minimum atomic E-state index is 0.102.